The Morgan fingerprint density at radius 2 is 1.88 bits per heavy atom. The molecule has 0 aliphatic heterocycles. The van der Waals surface area contributed by atoms with E-state index < -0.39 is 0 Å². The molecule has 5 nitrogen and oxygen atoms in total. The van der Waals surface area contributed by atoms with Gasteiger partial charge in [-0.3, -0.25) is 4.79 Å². The molecule has 0 atom stereocenters. The molecule has 0 unspecified atom stereocenters. The van der Waals surface area contributed by atoms with E-state index in [0.29, 0.717) is 20.3 Å². The van der Waals surface area contributed by atoms with Gasteiger partial charge in [0.15, 0.2) is 6.61 Å². The van der Waals surface area contributed by atoms with Crippen molar-refractivity contribution in [2.24, 2.45) is 5.10 Å². The number of ether oxygens (including phenoxy) is 1. The molecule has 0 bridgehead atoms. The van der Waals surface area contributed by atoms with Crippen LogP contribution in [0.1, 0.15) is 16.7 Å². The van der Waals surface area contributed by atoms with E-state index in [1.165, 1.54) is 11.8 Å². The molecule has 0 aliphatic rings. The Kier molecular flexibility index (Phi) is 6.39. The highest BCUT2D eigenvalue weighted by molar-refractivity contribution is 9.11. The van der Waals surface area contributed by atoms with Gasteiger partial charge in [-0.25, -0.2) is 5.43 Å². The van der Waals surface area contributed by atoms with E-state index >= 15 is 0 Å². The predicted octanol–water partition coefficient (Wildman–Crippen LogP) is 4.06. The third kappa shape index (κ3) is 5.07. The van der Waals surface area contributed by atoms with Crippen molar-refractivity contribution < 1.29 is 14.6 Å². The number of hydrogen-bond donors (Lipinski definition) is 2. The molecule has 0 saturated heterocycles. The summed E-state index contributed by atoms with van der Waals surface area (Å²) in [7, 11) is 0. The lowest BCUT2D eigenvalue weighted by Crippen LogP contribution is -2.24. The van der Waals surface area contributed by atoms with Gasteiger partial charge in [-0.05, 0) is 86.7 Å². The Labute approximate surface area is 157 Å². The molecule has 0 aromatic heterocycles. The number of aromatic hydroxyl groups is 1. The van der Waals surface area contributed by atoms with Gasteiger partial charge in [0.1, 0.15) is 11.5 Å². The van der Waals surface area contributed by atoms with Gasteiger partial charge in [-0.1, -0.05) is 6.07 Å². The quantitative estimate of drug-likeness (QED) is 0.527. The number of phenolic OH excluding ortho intramolecular Hbond substituents is 1. The lowest BCUT2D eigenvalue weighted by atomic mass is 10.1. The van der Waals surface area contributed by atoms with Crippen LogP contribution in [-0.2, 0) is 4.79 Å². The summed E-state index contributed by atoms with van der Waals surface area (Å²) in [6.07, 6.45) is 1.48. The van der Waals surface area contributed by atoms with Gasteiger partial charge < -0.3 is 9.84 Å². The van der Waals surface area contributed by atoms with Crippen LogP contribution >= 0.6 is 31.9 Å². The molecule has 0 radical (unpaired) electrons. The number of aryl methyl sites for hydroxylation is 2. The smallest absolute Gasteiger partial charge is 0.277 e. The lowest BCUT2D eigenvalue weighted by Gasteiger charge is -2.07. The van der Waals surface area contributed by atoms with E-state index in [1.54, 1.807) is 12.1 Å². The van der Waals surface area contributed by atoms with Crippen LogP contribution in [0.4, 0.5) is 0 Å². The molecule has 0 spiro atoms. The van der Waals surface area contributed by atoms with Crippen LogP contribution in [0.25, 0.3) is 0 Å². The minimum Gasteiger partial charge on any atom is -0.506 e. The van der Waals surface area contributed by atoms with Crippen LogP contribution in [0.3, 0.4) is 0 Å². The van der Waals surface area contributed by atoms with Crippen LogP contribution < -0.4 is 10.2 Å². The zero-order chi connectivity index (χ0) is 17.7. The number of nitrogens with zero attached hydrogens (tertiary/aromatic N) is 1. The fourth-order valence-electron chi connectivity index (χ4n) is 1.82. The summed E-state index contributed by atoms with van der Waals surface area (Å²) in [5.41, 5.74) is 5.38. The highest BCUT2D eigenvalue weighted by Gasteiger charge is 2.05. The van der Waals surface area contributed by atoms with Crippen LogP contribution in [0.2, 0.25) is 0 Å². The number of halogens is 2. The first kappa shape index (κ1) is 18.5. The number of hydrazone groups is 1. The van der Waals surface area contributed by atoms with E-state index in [-0.39, 0.29) is 18.3 Å². The number of benzene rings is 2. The molecule has 0 aliphatic carbocycles. The molecule has 0 fully saturated rings. The van der Waals surface area contributed by atoms with Crippen LogP contribution in [-0.4, -0.2) is 23.8 Å². The maximum Gasteiger partial charge on any atom is 0.277 e. The number of phenols is 1. The van der Waals surface area contributed by atoms with Crippen molar-refractivity contribution in [2.75, 3.05) is 6.61 Å². The Bertz CT molecular complexity index is 768. The normalized spacial score (nSPS) is 10.8. The summed E-state index contributed by atoms with van der Waals surface area (Å²) in [5.74, 6) is 0.392. The molecule has 2 aromatic carbocycles. The van der Waals surface area contributed by atoms with Crippen molar-refractivity contribution in [1.82, 2.24) is 5.43 Å². The number of hydrogen-bond acceptors (Lipinski definition) is 4. The Morgan fingerprint density at radius 1 is 1.21 bits per heavy atom. The fourth-order valence-corrected chi connectivity index (χ4v) is 3.05. The molecule has 126 valence electrons. The maximum atomic E-state index is 11.7. The van der Waals surface area contributed by atoms with Crippen molar-refractivity contribution in [2.45, 2.75) is 13.8 Å². The minimum atomic E-state index is -0.360. The van der Waals surface area contributed by atoms with Crippen LogP contribution in [0, 0.1) is 13.8 Å². The van der Waals surface area contributed by atoms with Crippen molar-refractivity contribution >= 4 is 44.0 Å². The van der Waals surface area contributed by atoms with E-state index in [1.807, 2.05) is 32.0 Å². The summed E-state index contributed by atoms with van der Waals surface area (Å²) in [6, 6.07) is 9.02. The first-order valence-corrected chi connectivity index (χ1v) is 8.65. The third-order valence-electron chi connectivity index (χ3n) is 3.29. The molecule has 7 heteroatoms. The standard InChI is InChI=1S/C17H16Br2N2O3/c1-10-3-4-13(5-11(10)2)24-9-16(22)21-20-8-12-6-14(18)17(23)15(19)7-12/h3-8,23H,9H2,1-2H3,(H,21,22)/b20-8+. The largest absolute Gasteiger partial charge is 0.506 e. The monoisotopic (exact) mass is 454 g/mol. The number of amides is 1. The van der Waals surface area contributed by atoms with Crippen molar-refractivity contribution in [1.29, 1.82) is 0 Å². The molecule has 0 heterocycles. The molecular weight excluding hydrogens is 440 g/mol. The zero-order valence-corrected chi connectivity index (χ0v) is 16.3. The first-order chi connectivity index (χ1) is 11.4. The molecule has 2 N–H and O–H groups in total. The van der Waals surface area contributed by atoms with Crippen LogP contribution in [0.15, 0.2) is 44.4 Å². The second kappa shape index (κ2) is 8.30. The number of carbonyl (C=O) groups is 1. The van der Waals surface area contributed by atoms with Gasteiger partial charge in [-0.2, -0.15) is 5.10 Å². The van der Waals surface area contributed by atoms with E-state index in [4.69, 9.17) is 4.74 Å². The zero-order valence-electron chi connectivity index (χ0n) is 13.1. The Hall–Kier alpha value is -1.86. The fraction of sp³-hybridized carbons (Fsp3) is 0.176. The van der Waals surface area contributed by atoms with Gasteiger partial charge in [-0.15, -0.1) is 0 Å². The summed E-state index contributed by atoms with van der Waals surface area (Å²) in [4.78, 5) is 11.7. The third-order valence-corrected chi connectivity index (χ3v) is 4.50. The lowest BCUT2D eigenvalue weighted by molar-refractivity contribution is -0.123. The van der Waals surface area contributed by atoms with E-state index in [0.717, 1.165) is 5.56 Å². The average Bonchev–Trinajstić information content (AvgIpc) is 2.53. The summed E-state index contributed by atoms with van der Waals surface area (Å²) >= 11 is 6.46. The first-order valence-electron chi connectivity index (χ1n) is 7.07. The van der Waals surface area contributed by atoms with Gasteiger partial charge in [0.25, 0.3) is 5.91 Å². The SMILES string of the molecule is Cc1ccc(OCC(=O)N/N=C/c2cc(Br)c(O)c(Br)c2)cc1C. The summed E-state index contributed by atoms with van der Waals surface area (Å²) in [6.45, 7) is 3.88. The molecule has 1 amide bonds. The molecule has 24 heavy (non-hydrogen) atoms. The Morgan fingerprint density at radius 3 is 2.50 bits per heavy atom. The summed E-state index contributed by atoms with van der Waals surface area (Å²) in [5, 5.41) is 13.5. The van der Waals surface area contributed by atoms with Crippen molar-refractivity contribution in [3.63, 3.8) is 0 Å². The average molecular weight is 456 g/mol. The maximum absolute atomic E-state index is 11.7. The molecular formula is C17H16Br2N2O3. The second-order valence-corrected chi connectivity index (χ2v) is 6.87. The van der Waals surface area contributed by atoms with E-state index in [2.05, 4.69) is 42.4 Å². The topological polar surface area (TPSA) is 70.9 Å². The minimum absolute atomic E-state index is 0.109. The number of rotatable bonds is 5. The second-order valence-electron chi connectivity index (χ2n) is 5.16. The van der Waals surface area contributed by atoms with Gasteiger partial charge >= 0.3 is 0 Å². The predicted molar refractivity (Wildman–Crippen MR) is 101 cm³/mol. The molecule has 0 saturated carbocycles. The molecule has 2 rings (SSSR count). The van der Waals surface area contributed by atoms with Gasteiger partial charge in [0.2, 0.25) is 0 Å². The van der Waals surface area contributed by atoms with Crippen molar-refractivity contribution in [3.8, 4) is 11.5 Å². The van der Waals surface area contributed by atoms with Crippen molar-refractivity contribution in [3.05, 3.63) is 56.0 Å². The molecule has 2 aromatic rings. The number of nitrogens with one attached hydrogen (secondary N) is 1. The van der Waals surface area contributed by atoms with E-state index in [9.17, 15) is 9.90 Å². The van der Waals surface area contributed by atoms with Gasteiger partial charge in [0.05, 0.1) is 15.2 Å². The Balaban J connectivity index is 1.87. The van der Waals surface area contributed by atoms with Gasteiger partial charge in [0, 0.05) is 0 Å². The highest BCUT2D eigenvalue weighted by atomic mass is 79.9. The number of carbonyl (C=O) groups excluding carboxylic acids is 1. The van der Waals surface area contributed by atoms with Crippen LogP contribution in [0.5, 0.6) is 11.5 Å². The summed E-state index contributed by atoms with van der Waals surface area (Å²) < 4.78 is 6.49. The highest BCUT2D eigenvalue weighted by Crippen LogP contribution is 2.32.